The van der Waals surface area contributed by atoms with Crippen molar-refractivity contribution in [3.8, 4) is 5.75 Å². The Morgan fingerprint density at radius 2 is 1.81 bits per heavy atom. The minimum atomic E-state index is 0.547. The second-order valence-corrected chi connectivity index (χ2v) is 7.54. The van der Waals surface area contributed by atoms with Crippen LogP contribution in [0, 0.1) is 0 Å². The van der Waals surface area contributed by atoms with Gasteiger partial charge in [-0.1, -0.05) is 35.5 Å². The fourth-order valence-electron chi connectivity index (χ4n) is 2.24. The summed E-state index contributed by atoms with van der Waals surface area (Å²) in [7, 11) is 1.65. The van der Waals surface area contributed by atoms with E-state index in [1.165, 1.54) is 0 Å². The van der Waals surface area contributed by atoms with Gasteiger partial charge < -0.3 is 15.4 Å². The lowest BCUT2D eigenvalue weighted by Gasteiger charge is -2.11. The van der Waals surface area contributed by atoms with E-state index in [4.69, 9.17) is 28.6 Å². The summed E-state index contributed by atoms with van der Waals surface area (Å²) in [5, 5.41) is 8.49. The van der Waals surface area contributed by atoms with E-state index < -0.39 is 0 Å². The summed E-state index contributed by atoms with van der Waals surface area (Å²) in [6, 6.07) is 19.4. The third-order valence-electron chi connectivity index (χ3n) is 3.64. The number of halogens is 1. The normalized spacial score (nSPS) is 10.3. The molecule has 4 nitrogen and oxygen atoms in total. The van der Waals surface area contributed by atoms with Gasteiger partial charge in [-0.05, 0) is 66.3 Å². The SMILES string of the molecule is COc1ccc(CNC(=S)Nc2ccc(Sc3ccc(Cl)cc3)nc2)cc1. The van der Waals surface area contributed by atoms with Crippen LogP contribution < -0.4 is 15.4 Å². The number of hydrogen-bond acceptors (Lipinski definition) is 4. The Morgan fingerprint density at radius 1 is 1.07 bits per heavy atom. The molecule has 0 saturated carbocycles. The van der Waals surface area contributed by atoms with E-state index in [0.29, 0.717) is 11.7 Å². The fourth-order valence-corrected chi connectivity index (χ4v) is 3.31. The molecular formula is C20H18ClN3OS2. The fraction of sp³-hybridized carbons (Fsp3) is 0.100. The van der Waals surface area contributed by atoms with E-state index in [0.717, 1.165) is 31.9 Å². The molecule has 0 bridgehead atoms. The Kier molecular flexibility index (Phi) is 6.92. The number of hydrogen-bond donors (Lipinski definition) is 2. The Bertz CT molecular complexity index is 885. The standard InChI is InChI=1S/C20H18ClN3OS2/c1-25-17-7-2-14(3-8-17)12-23-20(26)24-16-6-11-19(22-13-16)27-18-9-4-15(21)5-10-18/h2-11,13H,12H2,1H3,(H2,23,24,26). The summed E-state index contributed by atoms with van der Waals surface area (Å²) in [6.45, 7) is 0.633. The summed E-state index contributed by atoms with van der Waals surface area (Å²) < 4.78 is 5.15. The van der Waals surface area contributed by atoms with Crippen LogP contribution in [0.2, 0.25) is 5.02 Å². The highest BCUT2D eigenvalue weighted by atomic mass is 35.5. The van der Waals surface area contributed by atoms with Crippen molar-refractivity contribution < 1.29 is 4.74 Å². The zero-order valence-electron chi connectivity index (χ0n) is 14.6. The molecule has 138 valence electrons. The van der Waals surface area contributed by atoms with Gasteiger partial charge in [-0.15, -0.1) is 0 Å². The molecule has 2 aromatic carbocycles. The van der Waals surface area contributed by atoms with E-state index >= 15 is 0 Å². The molecule has 0 atom stereocenters. The first kappa shape index (κ1) is 19.5. The first-order valence-electron chi connectivity index (χ1n) is 8.19. The highest BCUT2D eigenvalue weighted by molar-refractivity contribution is 7.99. The van der Waals surface area contributed by atoms with Gasteiger partial charge in [0.25, 0.3) is 0 Å². The van der Waals surface area contributed by atoms with Crippen LogP contribution in [-0.2, 0) is 6.54 Å². The molecule has 1 heterocycles. The lowest BCUT2D eigenvalue weighted by Crippen LogP contribution is -2.27. The number of ether oxygens (including phenoxy) is 1. The van der Waals surface area contributed by atoms with Gasteiger partial charge in [0.1, 0.15) is 10.8 Å². The van der Waals surface area contributed by atoms with Crippen molar-refractivity contribution in [1.29, 1.82) is 0 Å². The molecule has 0 spiro atoms. The van der Waals surface area contributed by atoms with E-state index in [1.807, 2.05) is 60.7 Å². The van der Waals surface area contributed by atoms with Crippen molar-refractivity contribution in [2.45, 2.75) is 16.5 Å². The van der Waals surface area contributed by atoms with Crippen LogP contribution >= 0.6 is 35.6 Å². The van der Waals surface area contributed by atoms with Crippen molar-refractivity contribution in [1.82, 2.24) is 10.3 Å². The van der Waals surface area contributed by atoms with E-state index in [9.17, 15) is 0 Å². The summed E-state index contributed by atoms with van der Waals surface area (Å²) >= 11 is 12.8. The molecule has 0 amide bonds. The average Bonchev–Trinajstić information content (AvgIpc) is 2.70. The van der Waals surface area contributed by atoms with Gasteiger partial charge in [0, 0.05) is 16.5 Å². The topological polar surface area (TPSA) is 46.2 Å². The Morgan fingerprint density at radius 3 is 2.44 bits per heavy atom. The highest BCUT2D eigenvalue weighted by Crippen LogP contribution is 2.27. The monoisotopic (exact) mass is 415 g/mol. The number of benzene rings is 2. The van der Waals surface area contributed by atoms with E-state index in [-0.39, 0.29) is 0 Å². The third kappa shape index (κ3) is 6.13. The number of rotatable bonds is 6. The largest absolute Gasteiger partial charge is 0.497 e. The quantitative estimate of drug-likeness (QED) is 0.527. The van der Waals surface area contributed by atoms with Crippen LogP contribution in [0.3, 0.4) is 0 Å². The second kappa shape index (κ2) is 9.60. The van der Waals surface area contributed by atoms with Gasteiger partial charge in [0.15, 0.2) is 5.11 Å². The highest BCUT2D eigenvalue weighted by Gasteiger charge is 2.02. The first-order chi connectivity index (χ1) is 13.1. The van der Waals surface area contributed by atoms with Gasteiger partial charge in [-0.2, -0.15) is 0 Å². The summed E-state index contributed by atoms with van der Waals surface area (Å²) in [4.78, 5) is 5.54. The number of anilines is 1. The molecule has 0 aliphatic rings. The molecule has 0 aliphatic carbocycles. The molecule has 3 rings (SSSR count). The molecule has 0 aliphatic heterocycles. The zero-order chi connectivity index (χ0) is 19.1. The van der Waals surface area contributed by atoms with Crippen molar-refractivity contribution in [3.63, 3.8) is 0 Å². The van der Waals surface area contributed by atoms with Crippen molar-refractivity contribution >= 4 is 46.4 Å². The predicted molar refractivity (Wildman–Crippen MR) is 116 cm³/mol. The molecule has 2 N–H and O–H groups in total. The third-order valence-corrected chi connectivity index (χ3v) is 5.10. The number of thiocarbonyl (C=S) groups is 1. The molecule has 27 heavy (non-hydrogen) atoms. The molecular weight excluding hydrogens is 398 g/mol. The molecule has 0 radical (unpaired) electrons. The van der Waals surface area contributed by atoms with Crippen LogP contribution in [0.5, 0.6) is 5.75 Å². The van der Waals surface area contributed by atoms with Gasteiger partial charge in [-0.25, -0.2) is 4.98 Å². The van der Waals surface area contributed by atoms with E-state index in [1.54, 1.807) is 25.1 Å². The van der Waals surface area contributed by atoms with Crippen molar-refractivity contribution in [2.24, 2.45) is 0 Å². The van der Waals surface area contributed by atoms with Crippen molar-refractivity contribution in [3.05, 3.63) is 77.4 Å². The van der Waals surface area contributed by atoms with Crippen LogP contribution in [0.4, 0.5) is 5.69 Å². The zero-order valence-corrected chi connectivity index (χ0v) is 17.0. The number of aromatic nitrogens is 1. The number of nitrogens with zero attached hydrogens (tertiary/aromatic N) is 1. The molecule has 7 heteroatoms. The lowest BCUT2D eigenvalue weighted by molar-refractivity contribution is 0.414. The summed E-state index contributed by atoms with van der Waals surface area (Å²) in [5.74, 6) is 0.835. The smallest absolute Gasteiger partial charge is 0.171 e. The maximum Gasteiger partial charge on any atom is 0.171 e. The number of methoxy groups -OCH3 is 1. The molecule has 0 fully saturated rings. The summed E-state index contributed by atoms with van der Waals surface area (Å²) in [6.07, 6.45) is 1.76. The minimum Gasteiger partial charge on any atom is -0.497 e. The minimum absolute atomic E-state index is 0.547. The maximum atomic E-state index is 5.91. The predicted octanol–water partition coefficient (Wildman–Crippen LogP) is 5.38. The number of nitrogens with one attached hydrogen (secondary N) is 2. The average molecular weight is 416 g/mol. The van der Waals surface area contributed by atoms with Gasteiger partial charge in [-0.3, -0.25) is 0 Å². The number of pyridine rings is 1. The van der Waals surface area contributed by atoms with Crippen LogP contribution in [0.15, 0.2) is 76.8 Å². The van der Waals surface area contributed by atoms with E-state index in [2.05, 4.69) is 15.6 Å². The van der Waals surface area contributed by atoms with Gasteiger partial charge >= 0.3 is 0 Å². The lowest BCUT2D eigenvalue weighted by atomic mass is 10.2. The molecule has 0 saturated heterocycles. The second-order valence-electron chi connectivity index (χ2n) is 5.60. The van der Waals surface area contributed by atoms with Crippen molar-refractivity contribution in [2.75, 3.05) is 12.4 Å². The Labute approximate surface area is 173 Å². The summed E-state index contributed by atoms with van der Waals surface area (Å²) in [5.41, 5.74) is 1.95. The molecule has 1 aromatic heterocycles. The van der Waals surface area contributed by atoms with Crippen LogP contribution in [-0.4, -0.2) is 17.2 Å². The molecule has 0 unspecified atom stereocenters. The first-order valence-corrected chi connectivity index (χ1v) is 9.80. The maximum absolute atomic E-state index is 5.91. The van der Waals surface area contributed by atoms with Crippen LogP contribution in [0.25, 0.3) is 0 Å². The van der Waals surface area contributed by atoms with Gasteiger partial charge in [0.05, 0.1) is 19.0 Å². The van der Waals surface area contributed by atoms with Gasteiger partial charge in [0.2, 0.25) is 0 Å². The van der Waals surface area contributed by atoms with Crippen LogP contribution in [0.1, 0.15) is 5.56 Å². The Balaban J connectivity index is 1.49. The molecule has 3 aromatic rings. The Hall–Kier alpha value is -2.28.